The summed E-state index contributed by atoms with van der Waals surface area (Å²) in [6.45, 7) is 8.84. The Morgan fingerprint density at radius 1 is 1.29 bits per heavy atom. The quantitative estimate of drug-likeness (QED) is 0.513. The number of rotatable bonds is 5. The van der Waals surface area contributed by atoms with E-state index in [1.807, 2.05) is 18.2 Å². The lowest BCUT2D eigenvalue weighted by Gasteiger charge is -2.32. The molecule has 1 aliphatic heterocycles. The summed E-state index contributed by atoms with van der Waals surface area (Å²) in [4.78, 5) is 12.2. The normalized spacial score (nSPS) is 22.4. The van der Waals surface area contributed by atoms with Crippen molar-refractivity contribution in [3.8, 4) is 0 Å². The Hall–Kier alpha value is -2.13. The summed E-state index contributed by atoms with van der Waals surface area (Å²) in [5, 5.41) is 3.29. The molecule has 3 nitrogen and oxygen atoms in total. The minimum absolute atomic E-state index is 0.165. The van der Waals surface area contributed by atoms with E-state index in [9.17, 15) is 4.79 Å². The van der Waals surface area contributed by atoms with Crippen LogP contribution in [0.1, 0.15) is 17.9 Å². The number of carbonyl (C=O) groups is 1. The summed E-state index contributed by atoms with van der Waals surface area (Å²) in [6.07, 6.45) is 5.46. The smallest absolute Gasteiger partial charge is 0.338 e. The van der Waals surface area contributed by atoms with E-state index in [4.69, 9.17) is 4.74 Å². The van der Waals surface area contributed by atoms with Gasteiger partial charge in [0.1, 0.15) is 6.10 Å². The van der Waals surface area contributed by atoms with Crippen molar-refractivity contribution in [3.05, 3.63) is 72.9 Å². The predicted octanol–water partition coefficient (Wildman–Crippen LogP) is 2.97. The van der Waals surface area contributed by atoms with Crippen molar-refractivity contribution in [1.82, 2.24) is 5.32 Å². The molecule has 0 amide bonds. The van der Waals surface area contributed by atoms with Gasteiger partial charge in [-0.25, -0.2) is 4.79 Å². The van der Waals surface area contributed by atoms with Gasteiger partial charge < -0.3 is 10.1 Å². The second-order valence-electron chi connectivity index (χ2n) is 5.02. The summed E-state index contributed by atoms with van der Waals surface area (Å²) in [5.41, 5.74) is 1.65. The van der Waals surface area contributed by atoms with Crippen molar-refractivity contribution < 1.29 is 9.53 Å². The highest BCUT2D eigenvalue weighted by atomic mass is 16.5. The van der Waals surface area contributed by atoms with E-state index in [2.05, 4.69) is 30.6 Å². The first kappa shape index (κ1) is 15.3. The summed E-state index contributed by atoms with van der Waals surface area (Å²) >= 11 is 0. The van der Waals surface area contributed by atoms with Gasteiger partial charge in [0.2, 0.25) is 0 Å². The first-order valence-electron chi connectivity index (χ1n) is 7.18. The zero-order valence-electron chi connectivity index (χ0n) is 12.1. The minimum Gasteiger partial charge on any atom is -0.457 e. The van der Waals surface area contributed by atoms with Crippen LogP contribution in [-0.4, -0.2) is 25.2 Å². The molecule has 0 radical (unpaired) electrons. The van der Waals surface area contributed by atoms with Gasteiger partial charge in [0.05, 0.1) is 5.57 Å². The van der Waals surface area contributed by atoms with Gasteiger partial charge >= 0.3 is 5.97 Å². The fourth-order valence-electron chi connectivity index (χ4n) is 2.59. The molecule has 2 atom stereocenters. The fraction of sp³-hybridized carbons (Fsp3) is 0.278. The van der Waals surface area contributed by atoms with Gasteiger partial charge in [0.25, 0.3) is 0 Å². The average molecular weight is 283 g/mol. The number of hydrogen-bond donors (Lipinski definition) is 1. The third kappa shape index (κ3) is 3.92. The van der Waals surface area contributed by atoms with E-state index in [-0.39, 0.29) is 18.0 Å². The molecule has 0 spiro atoms. The van der Waals surface area contributed by atoms with E-state index in [0.29, 0.717) is 12.1 Å². The van der Waals surface area contributed by atoms with Crippen LogP contribution in [0.4, 0.5) is 0 Å². The largest absolute Gasteiger partial charge is 0.457 e. The van der Waals surface area contributed by atoms with Crippen molar-refractivity contribution in [2.45, 2.75) is 18.4 Å². The predicted molar refractivity (Wildman–Crippen MR) is 85.0 cm³/mol. The van der Waals surface area contributed by atoms with Gasteiger partial charge in [-0.1, -0.05) is 55.6 Å². The lowest BCUT2D eigenvalue weighted by Crippen LogP contribution is -2.42. The Kier molecular flexibility index (Phi) is 5.52. The fourth-order valence-corrected chi connectivity index (χ4v) is 2.59. The molecule has 1 unspecified atom stereocenters. The van der Waals surface area contributed by atoms with Crippen LogP contribution in [0.3, 0.4) is 0 Å². The number of ether oxygens (including phenoxy) is 1. The molecule has 1 aromatic carbocycles. The Labute approximate surface area is 126 Å². The molecule has 1 aliphatic rings. The maximum absolute atomic E-state index is 12.2. The van der Waals surface area contributed by atoms with E-state index in [1.165, 1.54) is 11.6 Å². The van der Waals surface area contributed by atoms with E-state index in [1.54, 1.807) is 12.2 Å². The average Bonchev–Trinajstić information content (AvgIpc) is 2.54. The third-order valence-corrected chi connectivity index (χ3v) is 3.67. The van der Waals surface area contributed by atoms with Crippen LogP contribution in [0.25, 0.3) is 0 Å². The zero-order valence-corrected chi connectivity index (χ0v) is 12.1. The highest BCUT2D eigenvalue weighted by Crippen LogP contribution is 2.28. The lowest BCUT2D eigenvalue weighted by atomic mass is 9.88. The number of piperidine rings is 1. The van der Waals surface area contributed by atoms with E-state index >= 15 is 0 Å². The first-order valence-corrected chi connectivity index (χ1v) is 7.18. The molecule has 2 rings (SSSR count). The topological polar surface area (TPSA) is 38.3 Å². The second-order valence-corrected chi connectivity index (χ2v) is 5.02. The molecule has 1 heterocycles. The van der Waals surface area contributed by atoms with Gasteiger partial charge in [0.15, 0.2) is 0 Å². The Bertz CT molecular complexity index is 533. The summed E-state index contributed by atoms with van der Waals surface area (Å²) in [7, 11) is 0. The molecule has 1 N–H and O–H groups in total. The molecule has 3 heteroatoms. The number of allylic oxidation sites excluding steroid dienone is 2. The molecule has 1 fully saturated rings. The highest BCUT2D eigenvalue weighted by molar-refractivity contribution is 5.91. The van der Waals surface area contributed by atoms with Gasteiger partial charge in [-0.2, -0.15) is 0 Å². The third-order valence-electron chi connectivity index (χ3n) is 3.67. The van der Waals surface area contributed by atoms with Crippen molar-refractivity contribution in [2.24, 2.45) is 0 Å². The van der Waals surface area contributed by atoms with Crippen molar-refractivity contribution in [3.63, 3.8) is 0 Å². The van der Waals surface area contributed by atoms with E-state index in [0.717, 1.165) is 13.0 Å². The molecule has 0 bridgehead atoms. The molecule has 0 saturated carbocycles. The standard InChI is InChI=1S/C18H21NO2/c1-3-8-14(4-2)18(20)21-17-13-19-12-11-16(17)15-9-6-5-7-10-15/h3-10,16-17,19H,1-2,11-13H2/b14-8+/t16?,17-/m0/s1. The van der Waals surface area contributed by atoms with Gasteiger partial charge in [-0.3, -0.25) is 0 Å². The number of carbonyl (C=O) groups excluding carboxylic acids is 1. The van der Waals surface area contributed by atoms with Crippen LogP contribution >= 0.6 is 0 Å². The van der Waals surface area contributed by atoms with Gasteiger partial charge in [-0.15, -0.1) is 0 Å². The first-order chi connectivity index (χ1) is 10.3. The molecular formula is C18H21NO2. The van der Waals surface area contributed by atoms with Gasteiger partial charge in [0, 0.05) is 12.5 Å². The minimum atomic E-state index is -0.348. The maximum atomic E-state index is 12.2. The van der Waals surface area contributed by atoms with Crippen molar-refractivity contribution in [2.75, 3.05) is 13.1 Å². The number of benzene rings is 1. The number of esters is 1. The Balaban J connectivity index is 2.13. The summed E-state index contributed by atoms with van der Waals surface area (Å²) in [6, 6.07) is 10.2. The molecular weight excluding hydrogens is 262 g/mol. The SMILES string of the molecule is C=C/C=C(\C=C)C(=O)O[C@H]1CNCCC1c1ccccc1. The molecule has 1 saturated heterocycles. The summed E-state index contributed by atoms with van der Waals surface area (Å²) < 4.78 is 5.68. The van der Waals surface area contributed by atoms with Crippen molar-refractivity contribution >= 4 is 5.97 Å². The molecule has 21 heavy (non-hydrogen) atoms. The molecule has 0 aliphatic carbocycles. The Morgan fingerprint density at radius 3 is 2.71 bits per heavy atom. The monoisotopic (exact) mass is 283 g/mol. The molecule has 1 aromatic rings. The van der Waals surface area contributed by atoms with Crippen LogP contribution < -0.4 is 5.32 Å². The van der Waals surface area contributed by atoms with E-state index < -0.39 is 0 Å². The van der Waals surface area contributed by atoms with Crippen LogP contribution in [0.5, 0.6) is 0 Å². The number of nitrogens with one attached hydrogen (secondary N) is 1. The van der Waals surface area contributed by atoms with Crippen LogP contribution in [0, 0.1) is 0 Å². The lowest BCUT2D eigenvalue weighted by molar-refractivity contribution is -0.145. The second kappa shape index (κ2) is 7.60. The highest BCUT2D eigenvalue weighted by Gasteiger charge is 2.29. The van der Waals surface area contributed by atoms with Gasteiger partial charge in [-0.05, 0) is 24.6 Å². The Morgan fingerprint density at radius 2 is 2.05 bits per heavy atom. The zero-order chi connectivity index (χ0) is 15.1. The van der Waals surface area contributed by atoms with Crippen molar-refractivity contribution in [1.29, 1.82) is 0 Å². The van der Waals surface area contributed by atoms with Crippen LogP contribution in [0.15, 0.2) is 67.3 Å². The van der Waals surface area contributed by atoms with Crippen LogP contribution in [0.2, 0.25) is 0 Å². The molecule has 0 aromatic heterocycles. The molecule has 110 valence electrons. The number of hydrogen-bond acceptors (Lipinski definition) is 3. The maximum Gasteiger partial charge on any atom is 0.338 e. The summed E-state index contributed by atoms with van der Waals surface area (Å²) in [5.74, 6) is -0.120. The van der Waals surface area contributed by atoms with Crippen LogP contribution in [-0.2, 0) is 9.53 Å².